The van der Waals surface area contributed by atoms with Crippen LogP contribution in [0.1, 0.15) is 46.0 Å². The largest absolute Gasteiger partial charge is 0.391 e. The molecular formula is C12H23NO. The molecule has 2 unspecified atom stereocenters. The van der Waals surface area contributed by atoms with E-state index in [1.54, 1.807) is 0 Å². The molecule has 0 bridgehead atoms. The van der Waals surface area contributed by atoms with Gasteiger partial charge in [-0.2, -0.15) is 0 Å². The van der Waals surface area contributed by atoms with Crippen molar-refractivity contribution < 1.29 is 5.11 Å². The van der Waals surface area contributed by atoms with Crippen LogP contribution in [0.25, 0.3) is 0 Å². The Kier molecular flexibility index (Phi) is 3.13. The molecule has 0 aromatic carbocycles. The topological polar surface area (TPSA) is 23.5 Å². The minimum Gasteiger partial charge on any atom is -0.391 e. The summed E-state index contributed by atoms with van der Waals surface area (Å²) in [6, 6.07) is 1.14. The molecule has 1 N–H and O–H groups in total. The lowest BCUT2D eigenvalue weighted by atomic mass is 9.91. The summed E-state index contributed by atoms with van der Waals surface area (Å²) in [5.41, 5.74) is 0. The van der Waals surface area contributed by atoms with E-state index in [-0.39, 0.29) is 6.10 Å². The fraction of sp³-hybridized carbons (Fsp3) is 1.00. The van der Waals surface area contributed by atoms with Crippen molar-refractivity contribution in [3.63, 3.8) is 0 Å². The molecule has 0 aromatic rings. The molecule has 1 saturated carbocycles. The lowest BCUT2D eigenvalue weighted by Gasteiger charge is -2.37. The van der Waals surface area contributed by atoms with Gasteiger partial charge in [0, 0.05) is 18.6 Å². The standard InChI is InChI=1S/C12H23NO/c1-9-7-10(2)13(8-9)11-5-3-4-6-12(11)14/h9-12,14H,3-8H2,1-2H3/t9?,10?,11-,12-/m0/s1. The van der Waals surface area contributed by atoms with E-state index in [0.717, 1.165) is 12.3 Å². The summed E-state index contributed by atoms with van der Waals surface area (Å²) < 4.78 is 0. The van der Waals surface area contributed by atoms with E-state index in [1.807, 2.05) is 0 Å². The van der Waals surface area contributed by atoms with Crippen molar-refractivity contribution in [3.8, 4) is 0 Å². The first-order valence-corrected chi connectivity index (χ1v) is 6.12. The lowest BCUT2D eigenvalue weighted by molar-refractivity contribution is 0.0155. The second-order valence-electron chi connectivity index (χ2n) is 5.31. The normalized spacial score (nSPS) is 45.6. The average molecular weight is 197 g/mol. The fourth-order valence-corrected chi connectivity index (χ4v) is 3.27. The minimum absolute atomic E-state index is 0.0588. The summed E-state index contributed by atoms with van der Waals surface area (Å²) in [4.78, 5) is 2.55. The van der Waals surface area contributed by atoms with E-state index in [2.05, 4.69) is 18.7 Å². The maximum absolute atomic E-state index is 9.99. The van der Waals surface area contributed by atoms with Crippen LogP contribution in [0.3, 0.4) is 0 Å². The number of likely N-dealkylation sites (tertiary alicyclic amines) is 1. The SMILES string of the molecule is CC1CC(C)N([C@H]2CCCC[C@@H]2O)C1. The van der Waals surface area contributed by atoms with Crippen LogP contribution in [0, 0.1) is 5.92 Å². The highest BCUT2D eigenvalue weighted by atomic mass is 16.3. The molecule has 0 aromatic heterocycles. The monoisotopic (exact) mass is 197 g/mol. The van der Waals surface area contributed by atoms with Crippen molar-refractivity contribution in [1.29, 1.82) is 0 Å². The number of hydrogen-bond acceptors (Lipinski definition) is 2. The Balaban J connectivity index is 1.99. The van der Waals surface area contributed by atoms with Crippen LogP contribution in [0.4, 0.5) is 0 Å². The van der Waals surface area contributed by atoms with Gasteiger partial charge in [0.2, 0.25) is 0 Å². The molecule has 1 aliphatic heterocycles. The molecule has 0 amide bonds. The van der Waals surface area contributed by atoms with Crippen LogP contribution in [-0.4, -0.2) is 34.7 Å². The van der Waals surface area contributed by atoms with Crippen molar-refractivity contribution in [2.45, 2.75) is 64.1 Å². The zero-order chi connectivity index (χ0) is 10.1. The van der Waals surface area contributed by atoms with Crippen molar-refractivity contribution in [1.82, 2.24) is 4.90 Å². The van der Waals surface area contributed by atoms with Gasteiger partial charge < -0.3 is 5.11 Å². The number of aliphatic hydroxyl groups is 1. The van der Waals surface area contributed by atoms with Crippen LogP contribution >= 0.6 is 0 Å². The molecule has 0 radical (unpaired) electrons. The van der Waals surface area contributed by atoms with Gasteiger partial charge >= 0.3 is 0 Å². The van der Waals surface area contributed by atoms with Gasteiger partial charge in [0.15, 0.2) is 0 Å². The van der Waals surface area contributed by atoms with Crippen molar-refractivity contribution >= 4 is 0 Å². The Labute approximate surface area is 87.3 Å². The van der Waals surface area contributed by atoms with E-state index >= 15 is 0 Å². The lowest BCUT2D eigenvalue weighted by Crippen LogP contribution is -2.47. The molecule has 82 valence electrons. The molecule has 1 aliphatic carbocycles. The van der Waals surface area contributed by atoms with Gasteiger partial charge in [0.05, 0.1) is 6.10 Å². The zero-order valence-electron chi connectivity index (χ0n) is 9.45. The van der Waals surface area contributed by atoms with Gasteiger partial charge in [0.1, 0.15) is 0 Å². The van der Waals surface area contributed by atoms with Crippen LogP contribution in [0.2, 0.25) is 0 Å². The van der Waals surface area contributed by atoms with Gasteiger partial charge in [-0.25, -0.2) is 0 Å². The van der Waals surface area contributed by atoms with E-state index in [9.17, 15) is 5.11 Å². The molecule has 2 rings (SSSR count). The van der Waals surface area contributed by atoms with Crippen LogP contribution in [0.5, 0.6) is 0 Å². The Bertz CT molecular complexity index is 191. The molecule has 1 heterocycles. The molecule has 2 nitrogen and oxygen atoms in total. The first-order valence-electron chi connectivity index (χ1n) is 6.12. The highest BCUT2D eigenvalue weighted by molar-refractivity contribution is 4.90. The Morgan fingerprint density at radius 2 is 1.86 bits per heavy atom. The third kappa shape index (κ3) is 1.96. The quantitative estimate of drug-likeness (QED) is 0.695. The smallest absolute Gasteiger partial charge is 0.0695 e. The summed E-state index contributed by atoms with van der Waals surface area (Å²) >= 11 is 0. The van der Waals surface area contributed by atoms with Crippen molar-refractivity contribution in [2.75, 3.05) is 6.54 Å². The van der Waals surface area contributed by atoms with Crippen LogP contribution in [0.15, 0.2) is 0 Å². The van der Waals surface area contributed by atoms with Crippen LogP contribution in [-0.2, 0) is 0 Å². The van der Waals surface area contributed by atoms with Gasteiger partial charge in [-0.3, -0.25) is 4.90 Å². The summed E-state index contributed by atoms with van der Waals surface area (Å²) in [6.07, 6.45) is 6.00. The number of aliphatic hydroxyl groups excluding tert-OH is 1. The van der Waals surface area contributed by atoms with E-state index < -0.39 is 0 Å². The van der Waals surface area contributed by atoms with Crippen LogP contribution < -0.4 is 0 Å². The van der Waals surface area contributed by atoms with E-state index in [1.165, 1.54) is 32.2 Å². The molecule has 1 saturated heterocycles. The van der Waals surface area contributed by atoms with Crippen molar-refractivity contribution in [2.24, 2.45) is 5.92 Å². The predicted molar refractivity (Wildman–Crippen MR) is 58.2 cm³/mol. The van der Waals surface area contributed by atoms with E-state index in [0.29, 0.717) is 12.1 Å². The molecule has 2 heteroatoms. The zero-order valence-corrected chi connectivity index (χ0v) is 9.45. The molecular weight excluding hydrogens is 174 g/mol. The summed E-state index contributed by atoms with van der Waals surface area (Å²) in [5.74, 6) is 0.819. The molecule has 2 aliphatic rings. The predicted octanol–water partition coefficient (Wildman–Crippen LogP) is 2.02. The van der Waals surface area contributed by atoms with Gasteiger partial charge in [-0.15, -0.1) is 0 Å². The van der Waals surface area contributed by atoms with Crippen molar-refractivity contribution in [3.05, 3.63) is 0 Å². The third-order valence-electron chi connectivity index (χ3n) is 3.95. The molecule has 2 fully saturated rings. The number of rotatable bonds is 1. The minimum atomic E-state index is -0.0588. The van der Waals surface area contributed by atoms with E-state index in [4.69, 9.17) is 0 Å². The van der Waals surface area contributed by atoms with Gasteiger partial charge in [-0.1, -0.05) is 19.8 Å². The fourth-order valence-electron chi connectivity index (χ4n) is 3.27. The first-order chi connectivity index (χ1) is 6.68. The molecule has 4 atom stereocenters. The summed E-state index contributed by atoms with van der Waals surface area (Å²) in [7, 11) is 0. The highest BCUT2D eigenvalue weighted by Gasteiger charge is 2.36. The average Bonchev–Trinajstić information content (AvgIpc) is 2.46. The van der Waals surface area contributed by atoms with Gasteiger partial charge in [-0.05, 0) is 32.1 Å². The number of hydrogen-bond donors (Lipinski definition) is 1. The first kappa shape index (κ1) is 10.4. The Morgan fingerprint density at radius 1 is 1.14 bits per heavy atom. The molecule has 0 spiro atoms. The van der Waals surface area contributed by atoms with Gasteiger partial charge in [0.25, 0.3) is 0 Å². The maximum Gasteiger partial charge on any atom is 0.0695 e. The summed E-state index contributed by atoms with van der Waals surface area (Å²) in [5, 5.41) is 9.99. The molecule has 14 heavy (non-hydrogen) atoms. The maximum atomic E-state index is 9.99. The second kappa shape index (κ2) is 4.19. The third-order valence-corrected chi connectivity index (χ3v) is 3.95. The number of nitrogens with zero attached hydrogens (tertiary/aromatic N) is 1. The summed E-state index contributed by atoms with van der Waals surface area (Å²) in [6.45, 7) is 5.83. The Hall–Kier alpha value is -0.0800. The second-order valence-corrected chi connectivity index (χ2v) is 5.31. The highest BCUT2D eigenvalue weighted by Crippen LogP contribution is 2.31. The Morgan fingerprint density at radius 3 is 2.43 bits per heavy atom.